The fraction of sp³-hybridized carbons (Fsp3) is 0.381. The summed E-state index contributed by atoms with van der Waals surface area (Å²) in [6.07, 6.45) is 0. The van der Waals surface area contributed by atoms with Crippen LogP contribution in [-0.2, 0) is 19.0 Å². The molecule has 2 aromatic rings. The van der Waals surface area contributed by atoms with Crippen LogP contribution < -0.4 is 5.32 Å². The van der Waals surface area contributed by atoms with Crippen LogP contribution in [0, 0.1) is 0 Å². The quantitative estimate of drug-likeness (QED) is 0.865. The SMILES string of the molecule is CC(F)(F)c1cccc(CNC(=O)N2CCN(Cc3ccccc3)CC2)c1. The number of rotatable bonds is 5. The van der Waals surface area contributed by atoms with E-state index >= 15 is 0 Å². The number of nitrogens with one attached hydrogen (secondary N) is 1. The van der Waals surface area contributed by atoms with Gasteiger partial charge < -0.3 is 10.2 Å². The Morgan fingerprint density at radius 2 is 1.67 bits per heavy atom. The molecule has 0 saturated carbocycles. The molecule has 0 bridgehead atoms. The molecular weight excluding hydrogens is 348 g/mol. The highest BCUT2D eigenvalue weighted by molar-refractivity contribution is 5.74. The summed E-state index contributed by atoms with van der Waals surface area (Å²) in [4.78, 5) is 16.5. The monoisotopic (exact) mass is 373 g/mol. The third-order valence-electron chi connectivity index (χ3n) is 4.79. The maximum absolute atomic E-state index is 13.4. The maximum atomic E-state index is 13.4. The van der Waals surface area contributed by atoms with Crippen molar-refractivity contribution in [3.8, 4) is 0 Å². The van der Waals surface area contributed by atoms with Crippen LogP contribution in [0.1, 0.15) is 23.6 Å². The second kappa shape index (κ2) is 8.48. The van der Waals surface area contributed by atoms with Gasteiger partial charge in [0.2, 0.25) is 0 Å². The highest BCUT2D eigenvalue weighted by Crippen LogP contribution is 2.27. The number of nitrogens with zero attached hydrogens (tertiary/aromatic N) is 2. The molecule has 2 aromatic carbocycles. The van der Waals surface area contributed by atoms with Gasteiger partial charge >= 0.3 is 6.03 Å². The summed E-state index contributed by atoms with van der Waals surface area (Å²) in [7, 11) is 0. The Morgan fingerprint density at radius 3 is 2.33 bits per heavy atom. The van der Waals surface area contributed by atoms with Crippen LogP contribution in [0.15, 0.2) is 54.6 Å². The van der Waals surface area contributed by atoms with E-state index in [-0.39, 0.29) is 18.1 Å². The number of halogens is 2. The normalized spacial score (nSPS) is 15.6. The average Bonchev–Trinajstić information content (AvgIpc) is 2.67. The Balaban J connectivity index is 1.46. The number of alkyl halides is 2. The van der Waals surface area contributed by atoms with Gasteiger partial charge in [0.15, 0.2) is 0 Å². The predicted octanol–water partition coefficient (Wildman–Crippen LogP) is 3.83. The minimum Gasteiger partial charge on any atom is -0.334 e. The minimum absolute atomic E-state index is 0.0382. The lowest BCUT2D eigenvalue weighted by Crippen LogP contribution is -2.51. The molecule has 0 radical (unpaired) electrons. The molecule has 4 nitrogen and oxygen atoms in total. The smallest absolute Gasteiger partial charge is 0.317 e. The second-order valence-corrected chi connectivity index (χ2v) is 7.00. The van der Waals surface area contributed by atoms with E-state index in [1.165, 1.54) is 17.7 Å². The van der Waals surface area contributed by atoms with Crippen molar-refractivity contribution >= 4 is 6.03 Å². The number of carbonyl (C=O) groups excluding carboxylic acids is 1. The first kappa shape index (κ1) is 19.3. The summed E-state index contributed by atoms with van der Waals surface area (Å²) < 4.78 is 26.8. The summed E-state index contributed by atoms with van der Waals surface area (Å²) in [6.45, 7) is 4.96. The molecule has 6 heteroatoms. The number of benzene rings is 2. The van der Waals surface area contributed by atoms with Gasteiger partial charge in [-0.15, -0.1) is 0 Å². The van der Waals surface area contributed by atoms with Gasteiger partial charge in [0.25, 0.3) is 5.92 Å². The van der Waals surface area contributed by atoms with Gasteiger partial charge in [0.1, 0.15) is 0 Å². The van der Waals surface area contributed by atoms with Gasteiger partial charge in [-0.25, -0.2) is 13.6 Å². The van der Waals surface area contributed by atoms with Crippen molar-refractivity contribution in [1.29, 1.82) is 0 Å². The number of carbonyl (C=O) groups is 1. The van der Waals surface area contributed by atoms with Crippen molar-refractivity contribution in [2.45, 2.75) is 25.9 Å². The summed E-state index contributed by atoms with van der Waals surface area (Å²) in [6, 6.07) is 16.3. The summed E-state index contributed by atoms with van der Waals surface area (Å²) in [5.74, 6) is -2.88. The maximum Gasteiger partial charge on any atom is 0.317 e. The lowest BCUT2D eigenvalue weighted by atomic mass is 10.1. The third kappa shape index (κ3) is 5.50. The Morgan fingerprint density at radius 1 is 1.00 bits per heavy atom. The molecule has 1 aliphatic heterocycles. The third-order valence-corrected chi connectivity index (χ3v) is 4.79. The Labute approximate surface area is 158 Å². The zero-order valence-electron chi connectivity index (χ0n) is 15.5. The number of urea groups is 1. The fourth-order valence-electron chi connectivity index (χ4n) is 3.19. The number of hydrogen-bond acceptors (Lipinski definition) is 2. The molecule has 0 atom stereocenters. The zero-order chi connectivity index (χ0) is 19.3. The van der Waals surface area contributed by atoms with Gasteiger partial charge in [-0.1, -0.05) is 48.5 Å². The summed E-state index contributed by atoms with van der Waals surface area (Å²) in [5, 5.41) is 2.84. The minimum atomic E-state index is -2.88. The van der Waals surface area contributed by atoms with Crippen LogP contribution in [0.25, 0.3) is 0 Å². The highest BCUT2D eigenvalue weighted by atomic mass is 19.3. The first-order valence-corrected chi connectivity index (χ1v) is 9.18. The molecule has 0 aliphatic carbocycles. The van der Waals surface area contributed by atoms with E-state index in [0.717, 1.165) is 26.6 Å². The van der Waals surface area contributed by atoms with Crippen LogP contribution in [-0.4, -0.2) is 42.0 Å². The molecule has 27 heavy (non-hydrogen) atoms. The van der Waals surface area contributed by atoms with Crippen LogP contribution in [0.5, 0.6) is 0 Å². The lowest BCUT2D eigenvalue weighted by molar-refractivity contribution is 0.0174. The Kier molecular flexibility index (Phi) is 6.06. The Hall–Kier alpha value is -2.47. The standard InChI is InChI=1S/C21H25F2N3O/c1-21(22,23)19-9-5-8-18(14-19)15-24-20(27)26-12-10-25(11-13-26)16-17-6-3-2-4-7-17/h2-9,14H,10-13,15-16H2,1H3,(H,24,27). The van der Waals surface area contributed by atoms with Crippen LogP contribution in [0.3, 0.4) is 0 Å². The van der Waals surface area contributed by atoms with Crippen LogP contribution >= 0.6 is 0 Å². The van der Waals surface area contributed by atoms with E-state index < -0.39 is 5.92 Å². The van der Waals surface area contributed by atoms with Crippen molar-refractivity contribution in [2.24, 2.45) is 0 Å². The van der Waals surface area contributed by atoms with Crippen molar-refractivity contribution in [1.82, 2.24) is 15.1 Å². The predicted molar refractivity (Wildman–Crippen MR) is 102 cm³/mol. The van der Waals surface area contributed by atoms with E-state index in [2.05, 4.69) is 22.3 Å². The van der Waals surface area contributed by atoms with Crippen LogP contribution in [0.4, 0.5) is 13.6 Å². The first-order valence-electron chi connectivity index (χ1n) is 9.18. The molecule has 0 spiro atoms. The molecular formula is C21H25F2N3O. The average molecular weight is 373 g/mol. The topological polar surface area (TPSA) is 35.6 Å². The van der Waals surface area contributed by atoms with Gasteiger partial charge in [-0.3, -0.25) is 4.90 Å². The first-order chi connectivity index (χ1) is 12.9. The largest absolute Gasteiger partial charge is 0.334 e. The van der Waals surface area contributed by atoms with E-state index in [1.54, 1.807) is 17.0 Å². The second-order valence-electron chi connectivity index (χ2n) is 7.00. The molecule has 2 amide bonds. The van der Waals surface area contributed by atoms with Gasteiger partial charge in [0, 0.05) is 51.8 Å². The number of piperazine rings is 1. The number of amides is 2. The molecule has 1 heterocycles. The highest BCUT2D eigenvalue weighted by Gasteiger charge is 2.24. The van der Waals surface area contributed by atoms with Crippen molar-refractivity contribution in [3.63, 3.8) is 0 Å². The molecule has 0 unspecified atom stereocenters. The summed E-state index contributed by atoms with van der Waals surface area (Å²) >= 11 is 0. The van der Waals surface area contributed by atoms with E-state index in [9.17, 15) is 13.6 Å². The van der Waals surface area contributed by atoms with Crippen molar-refractivity contribution in [2.75, 3.05) is 26.2 Å². The molecule has 3 rings (SSSR count). The summed E-state index contributed by atoms with van der Waals surface area (Å²) in [5.41, 5.74) is 1.90. The van der Waals surface area contributed by atoms with E-state index in [1.807, 2.05) is 18.2 Å². The van der Waals surface area contributed by atoms with Gasteiger partial charge in [-0.05, 0) is 17.2 Å². The van der Waals surface area contributed by atoms with Crippen molar-refractivity contribution < 1.29 is 13.6 Å². The molecule has 1 saturated heterocycles. The van der Waals surface area contributed by atoms with E-state index in [4.69, 9.17) is 0 Å². The molecule has 1 aliphatic rings. The molecule has 1 fully saturated rings. The lowest BCUT2D eigenvalue weighted by Gasteiger charge is -2.34. The molecule has 0 aromatic heterocycles. The molecule has 144 valence electrons. The number of hydrogen-bond donors (Lipinski definition) is 1. The Bertz CT molecular complexity index is 754. The fourth-order valence-corrected chi connectivity index (χ4v) is 3.19. The van der Waals surface area contributed by atoms with Crippen molar-refractivity contribution in [3.05, 3.63) is 71.3 Å². The zero-order valence-corrected chi connectivity index (χ0v) is 15.5. The van der Waals surface area contributed by atoms with Gasteiger partial charge in [-0.2, -0.15) is 0 Å². The molecule has 1 N–H and O–H groups in total. The van der Waals surface area contributed by atoms with Gasteiger partial charge in [0.05, 0.1) is 0 Å². The van der Waals surface area contributed by atoms with Crippen LogP contribution in [0.2, 0.25) is 0 Å². The van der Waals surface area contributed by atoms with E-state index in [0.29, 0.717) is 18.7 Å².